The third kappa shape index (κ3) is 1.51. The molecule has 0 amide bonds. The van der Waals surface area contributed by atoms with Gasteiger partial charge < -0.3 is 5.73 Å². The van der Waals surface area contributed by atoms with Crippen LogP contribution in [0.2, 0.25) is 0 Å². The van der Waals surface area contributed by atoms with E-state index in [9.17, 15) is 0 Å². The molecule has 0 bridgehead atoms. The van der Waals surface area contributed by atoms with Crippen LogP contribution in [-0.2, 0) is 6.42 Å². The largest absolute Gasteiger partial charge is 0.399 e. The summed E-state index contributed by atoms with van der Waals surface area (Å²) < 4.78 is 0. The second-order valence-corrected chi connectivity index (χ2v) is 6.62. The van der Waals surface area contributed by atoms with E-state index < -0.39 is 0 Å². The molecule has 2 heteroatoms. The summed E-state index contributed by atoms with van der Waals surface area (Å²) in [6, 6.07) is 7.23. The molecule has 1 atom stereocenters. The molecule has 1 aromatic rings. The fourth-order valence-corrected chi connectivity index (χ4v) is 4.22. The summed E-state index contributed by atoms with van der Waals surface area (Å²) in [7, 11) is 0. The van der Waals surface area contributed by atoms with E-state index in [1.165, 1.54) is 57.2 Å². The molecule has 1 saturated carbocycles. The molecule has 2 fully saturated rings. The van der Waals surface area contributed by atoms with E-state index in [1.54, 1.807) is 5.56 Å². The number of nitrogens with zero attached hydrogens (tertiary/aromatic N) is 1. The zero-order valence-electron chi connectivity index (χ0n) is 11.0. The zero-order valence-corrected chi connectivity index (χ0v) is 11.0. The van der Waals surface area contributed by atoms with Crippen molar-refractivity contribution in [2.75, 3.05) is 18.8 Å². The maximum Gasteiger partial charge on any atom is 0.0351 e. The van der Waals surface area contributed by atoms with Gasteiger partial charge in [-0.25, -0.2) is 0 Å². The van der Waals surface area contributed by atoms with Gasteiger partial charge in [0.25, 0.3) is 0 Å². The quantitative estimate of drug-likeness (QED) is 0.767. The number of benzene rings is 1. The van der Waals surface area contributed by atoms with Gasteiger partial charge in [-0.1, -0.05) is 12.5 Å². The second-order valence-electron chi connectivity index (χ2n) is 6.62. The number of fused-ring (bicyclic) bond motifs is 1. The van der Waals surface area contributed by atoms with Crippen molar-refractivity contribution in [2.24, 2.45) is 5.41 Å². The van der Waals surface area contributed by atoms with Crippen LogP contribution in [0.4, 0.5) is 5.69 Å². The number of hydrogen-bond acceptors (Lipinski definition) is 2. The summed E-state index contributed by atoms with van der Waals surface area (Å²) in [5, 5.41) is 0. The van der Waals surface area contributed by atoms with Crippen LogP contribution < -0.4 is 5.73 Å². The minimum Gasteiger partial charge on any atom is -0.399 e. The Morgan fingerprint density at radius 2 is 2.00 bits per heavy atom. The molecule has 0 radical (unpaired) electrons. The molecule has 1 heterocycles. The first kappa shape index (κ1) is 10.9. The fourth-order valence-electron chi connectivity index (χ4n) is 4.22. The van der Waals surface area contributed by atoms with E-state index in [2.05, 4.69) is 23.1 Å². The molecule has 96 valence electrons. The molecule has 1 spiro atoms. The van der Waals surface area contributed by atoms with E-state index in [4.69, 9.17) is 5.73 Å². The first-order chi connectivity index (χ1) is 8.76. The van der Waals surface area contributed by atoms with Crippen LogP contribution >= 0.6 is 0 Å². The van der Waals surface area contributed by atoms with Gasteiger partial charge in [-0.15, -0.1) is 0 Å². The van der Waals surface area contributed by atoms with Gasteiger partial charge in [-0.3, -0.25) is 4.90 Å². The smallest absolute Gasteiger partial charge is 0.0351 e. The molecular weight excluding hydrogens is 220 g/mol. The number of anilines is 1. The predicted molar refractivity (Wildman–Crippen MR) is 74.4 cm³/mol. The van der Waals surface area contributed by atoms with Gasteiger partial charge >= 0.3 is 0 Å². The standard InChI is InChI=1S/C16H22N2/c17-13-5-6-14-12(9-13)3-1-4-15(14)18-10-16(11-18)7-2-8-16/h5-6,9,15H,1-4,7-8,10-11,17H2. The van der Waals surface area contributed by atoms with Crippen molar-refractivity contribution in [2.45, 2.75) is 44.6 Å². The van der Waals surface area contributed by atoms with Crippen molar-refractivity contribution in [3.63, 3.8) is 0 Å². The fraction of sp³-hybridized carbons (Fsp3) is 0.625. The predicted octanol–water partition coefficient (Wildman–Crippen LogP) is 3.13. The van der Waals surface area contributed by atoms with Crippen LogP contribution in [-0.4, -0.2) is 18.0 Å². The van der Waals surface area contributed by atoms with Crippen LogP contribution in [0.5, 0.6) is 0 Å². The minimum atomic E-state index is 0.681. The number of nitrogen functional groups attached to an aromatic ring is 1. The Bertz CT molecular complexity index is 468. The Kier molecular flexibility index (Phi) is 2.25. The summed E-state index contributed by atoms with van der Waals surface area (Å²) in [5.41, 5.74) is 10.6. The van der Waals surface area contributed by atoms with Gasteiger partial charge in [0.2, 0.25) is 0 Å². The molecule has 1 aliphatic heterocycles. The normalized spacial score (nSPS) is 29.4. The van der Waals surface area contributed by atoms with Crippen molar-refractivity contribution in [3.05, 3.63) is 29.3 Å². The van der Waals surface area contributed by atoms with Crippen molar-refractivity contribution in [1.29, 1.82) is 0 Å². The lowest BCUT2D eigenvalue weighted by atomic mass is 9.62. The lowest BCUT2D eigenvalue weighted by Gasteiger charge is -2.59. The Hall–Kier alpha value is -1.02. The van der Waals surface area contributed by atoms with Crippen LogP contribution in [0.3, 0.4) is 0 Å². The van der Waals surface area contributed by atoms with E-state index >= 15 is 0 Å². The zero-order chi connectivity index (χ0) is 12.2. The molecule has 2 aliphatic carbocycles. The molecule has 3 aliphatic rings. The maximum atomic E-state index is 5.91. The highest BCUT2D eigenvalue weighted by Gasteiger charge is 2.49. The van der Waals surface area contributed by atoms with Gasteiger partial charge in [0.15, 0.2) is 0 Å². The number of nitrogens with two attached hydrogens (primary N) is 1. The Morgan fingerprint density at radius 1 is 1.17 bits per heavy atom. The summed E-state index contributed by atoms with van der Waals surface area (Å²) in [6.07, 6.45) is 8.30. The maximum absolute atomic E-state index is 5.91. The van der Waals surface area contributed by atoms with Crippen LogP contribution in [0.1, 0.15) is 49.3 Å². The molecule has 1 aromatic carbocycles. The molecule has 18 heavy (non-hydrogen) atoms. The molecule has 1 saturated heterocycles. The summed E-state index contributed by atoms with van der Waals surface area (Å²) in [5.74, 6) is 0. The van der Waals surface area contributed by atoms with Crippen molar-refractivity contribution in [3.8, 4) is 0 Å². The SMILES string of the molecule is Nc1ccc2c(c1)CCCC2N1CC2(CCC2)C1. The topological polar surface area (TPSA) is 29.3 Å². The van der Waals surface area contributed by atoms with Crippen LogP contribution in [0, 0.1) is 5.41 Å². The van der Waals surface area contributed by atoms with Crippen LogP contribution in [0.25, 0.3) is 0 Å². The third-order valence-corrected chi connectivity index (χ3v) is 5.38. The van der Waals surface area contributed by atoms with E-state index in [1.807, 2.05) is 0 Å². The highest BCUT2D eigenvalue weighted by Crippen LogP contribution is 2.52. The molecule has 4 rings (SSSR count). The van der Waals surface area contributed by atoms with Gasteiger partial charge in [0.05, 0.1) is 0 Å². The molecule has 2 nitrogen and oxygen atoms in total. The number of aryl methyl sites for hydroxylation is 1. The van der Waals surface area contributed by atoms with Gasteiger partial charge in [-0.2, -0.15) is 0 Å². The highest BCUT2D eigenvalue weighted by atomic mass is 15.2. The monoisotopic (exact) mass is 242 g/mol. The third-order valence-electron chi connectivity index (χ3n) is 5.38. The average Bonchev–Trinajstić information content (AvgIpc) is 2.25. The summed E-state index contributed by atoms with van der Waals surface area (Å²) in [4.78, 5) is 2.72. The van der Waals surface area contributed by atoms with E-state index in [0.717, 1.165) is 11.1 Å². The van der Waals surface area contributed by atoms with E-state index in [0.29, 0.717) is 6.04 Å². The molecule has 1 unspecified atom stereocenters. The number of hydrogen-bond donors (Lipinski definition) is 1. The Labute approximate surface area is 109 Å². The lowest BCUT2D eigenvalue weighted by Crippen LogP contribution is -2.60. The molecule has 0 aromatic heterocycles. The second kappa shape index (κ2) is 3.74. The minimum absolute atomic E-state index is 0.681. The van der Waals surface area contributed by atoms with Crippen molar-refractivity contribution >= 4 is 5.69 Å². The Balaban J connectivity index is 1.57. The average molecular weight is 242 g/mol. The number of likely N-dealkylation sites (tertiary alicyclic amines) is 1. The number of rotatable bonds is 1. The van der Waals surface area contributed by atoms with Crippen molar-refractivity contribution < 1.29 is 0 Å². The van der Waals surface area contributed by atoms with Crippen molar-refractivity contribution in [1.82, 2.24) is 4.90 Å². The summed E-state index contributed by atoms with van der Waals surface area (Å²) >= 11 is 0. The van der Waals surface area contributed by atoms with E-state index in [-0.39, 0.29) is 0 Å². The highest BCUT2D eigenvalue weighted by molar-refractivity contribution is 5.46. The van der Waals surface area contributed by atoms with Gasteiger partial charge in [0, 0.05) is 24.8 Å². The van der Waals surface area contributed by atoms with Crippen LogP contribution in [0.15, 0.2) is 18.2 Å². The first-order valence-electron chi connectivity index (χ1n) is 7.38. The summed E-state index contributed by atoms with van der Waals surface area (Å²) in [6.45, 7) is 2.70. The lowest BCUT2D eigenvalue weighted by molar-refractivity contribution is -0.0872. The first-order valence-corrected chi connectivity index (χ1v) is 7.38. The van der Waals surface area contributed by atoms with Gasteiger partial charge in [0.1, 0.15) is 0 Å². The van der Waals surface area contributed by atoms with Gasteiger partial charge in [-0.05, 0) is 60.8 Å². The molecule has 2 N–H and O–H groups in total. The Morgan fingerprint density at radius 3 is 2.72 bits per heavy atom. The molecular formula is C16H22N2.